The zero-order valence-electron chi connectivity index (χ0n) is 12.8. The Balaban J connectivity index is 1.94. The maximum absolute atomic E-state index is 13.0. The number of nitriles is 1. The van der Waals surface area contributed by atoms with Crippen LogP contribution in [0.1, 0.15) is 31.7 Å². The highest BCUT2D eigenvalue weighted by atomic mass is 32.2. The molecule has 0 aliphatic carbocycles. The Morgan fingerprint density at radius 2 is 2.18 bits per heavy atom. The smallest absolute Gasteiger partial charge is 0.243 e. The van der Waals surface area contributed by atoms with Crippen molar-refractivity contribution in [1.29, 1.82) is 5.26 Å². The fraction of sp³-hybridized carbons (Fsp3) is 0.562. The van der Waals surface area contributed by atoms with Crippen LogP contribution in [0.3, 0.4) is 0 Å². The van der Waals surface area contributed by atoms with E-state index in [1.54, 1.807) is 22.5 Å². The van der Waals surface area contributed by atoms with Crippen LogP contribution in [0.5, 0.6) is 0 Å². The van der Waals surface area contributed by atoms with E-state index in [4.69, 9.17) is 5.26 Å². The first-order valence-corrected chi connectivity index (χ1v) is 9.26. The third kappa shape index (κ3) is 2.65. The van der Waals surface area contributed by atoms with Gasteiger partial charge in [0, 0.05) is 25.2 Å². The van der Waals surface area contributed by atoms with Crippen LogP contribution in [0.25, 0.3) is 0 Å². The van der Waals surface area contributed by atoms with Crippen molar-refractivity contribution in [3.8, 4) is 6.07 Å². The molecule has 0 radical (unpaired) electrons. The molecule has 118 valence electrons. The Bertz CT molecular complexity index is 696. The molecule has 2 atom stereocenters. The summed E-state index contributed by atoms with van der Waals surface area (Å²) < 4.78 is 27.7. The highest BCUT2D eigenvalue weighted by Crippen LogP contribution is 2.30. The molecular weight excluding hydrogens is 298 g/mol. The third-order valence-corrected chi connectivity index (χ3v) is 6.70. The van der Waals surface area contributed by atoms with Gasteiger partial charge in [0.1, 0.15) is 0 Å². The summed E-state index contributed by atoms with van der Waals surface area (Å²) in [6, 6.07) is 8.71. The molecule has 3 rings (SSSR count). The van der Waals surface area contributed by atoms with Crippen LogP contribution in [-0.4, -0.2) is 49.3 Å². The summed E-state index contributed by atoms with van der Waals surface area (Å²) in [6.45, 7) is 4.50. The van der Waals surface area contributed by atoms with E-state index in [1.807, 2.05) is 13.0 Å². The second-order valence-electron chi connectivity index (χ2n) is 6.07. The monoisotopic (exact) mass is 319 g/mol. The Morgan fingerprint density at radius 3 is 2.91 bits per heavy atom. The van der Waals surface area contributed by atoms with Crippen molar-refractivity contribution in [2.45, 2.75) is 43.2 Å². The fourth-order valence-electron chi connectivity index (χ4n) is 3.55. The van der Waals surface area contributed by atoms with E-state index in [1.165, 1.54) is 6.07 Å². The predicted octanol–water partition coefficient (Wildman–Crippen LogP) is 1.81. The summed E-state index contributed by atoms with van der Waals surface area (Å²) in [7, 11) is -3.54. The summed E-state index contributed by atoms with van der Waals surface area (Å²) in [5.74, 6) is 0. The van der Waals surface area contributed by atoms with Gasteiger partial charge < -0.3 is 0 Å². The van der Waals surface area contributed by atoms with Gasteiger partial charge >= 0.3 is 0 Å². The SMILES string of the molecule is CC[C@@H]1CN2CCC[C@H]2CN1S(=O)(=O)c1cccc(C#N)c1. The minimum absolute atomic E-state index is 0.0186. The molecule has 0 aromatic heterocycles. The van der Waals surface area contributed by atoms with Gasteiger partial charge in [-0.2, -0.15) is 9.57 Å². The Hall–Kier alpha value is -1.42. The summed E-state index contributed by atoms with van der Waals surface area (Å²) >= 11 is 0. The van der Waals surface area contributed by atoms with Crippen LogP contribution in [0.2, 0.25) is 0 Å². The van der Waals surface area contributed by atoms with E-state index in [9.17, 15) is 8.42 Å². The molecule has 1 aromatic carbocycles. The first kappa shape index (κ1) is 15.5. The maximum Gasteiger partial charge on any atom is 0.243 e. The van der Waals surface area contributed by atoms with Crippen molar-refractivity contribution >= 4 is 10.0 Å². The van der Waals surface area contributed by atoms with Gasteiger partial charge in [-0.1, -0.05) is 13.0 Å². The first-order chi connectivity index (χ1) is 10.6. The molecule has 0 saturated carbocycles. The number of nitrogens with zero attached hydrogens (tertiary/aromatic N) is 3. The quantitative estimate of drug-likeness (QED) is 0.852. The molecule has 0 spiro atoms. The zero-order valence-corrected chi connectivity index (χ0v) is 13.6. The van der Waals surface area contributed by atoms with Crippen LogP contribution in [0.15, 0.2) is 29.2 Å². The lowest BCUT2D eigenvalue weighted by Crippen LogP contribution is -2.57. The maximum atomic E-state index is 13.0. The summed E-state index contributed by atoms with van der Waals surface area (Å²) in [6.07, 6.45) is 3.03. The Kier molecular flexibility index (Phi) is 4.22. The Labute approximate surface area is 132 Å². The van der Waals surface area contributed by atoms with Crippen LogP contribution < -0.4 is 0 Å². The summed E-state index contributed by atoms with van der Waals surface area (Å²) in [5.41, 5.74) is 0.383. The van der Waals surface area contributed by atoms with Gasteiger partial charge in [0.15, 0.2) is 0 Å². The topological polar surface area (TPSA) is 64.4 Å². The van der Waals surface area contributed by atoms with Gasteiger partial charge in [0.2, 0.25) is 10.0 Å². The number of hydrogen-bond acceptors (Lipinski definition) is 4. The molecule has 2 aliphatic rings. The summed E-state index contributed by atoms with van der Waals surface area (Å²) in [4.78, 5) is 2.66. The number of hydrogen-bond donors (Lipinski definition) is 0. The molecule has 22 heavy (non-hydrogen) atoms. The fourth-order valence-corrected chi connectivity index (χ4v) is 5.32. The van der Waals surface area contributed by atoms with Gasteiger partial charge in [0.25, 0.3) is 0 Å². The lowest BCUT2D eigenvalue weighted by Gasteiger charge is -2.42. The van der Waals surface area contributed by atoms with Crippen molar-refractivity contribution in [3.63, 3.8) is 0 Å². The highest BCUT2D eigenvalue weighted by Gasteiger charge is 2.41. The third-order valence-electron chi connectivity index (χ3n) is 4.78. The van der Waals surface area contributed by atoms with Crippen LogP contribution >= 0.6 is 0 Å². The molecule has 0 bridgehead atoms. The lowest BCUT2D eigenvalue weighted by atomic mass is 10.1. The van der Waals surface area contributed by atoms with E-state index in [0.717, 1.165) is 32.4 Å². The molecule has 2 heterocycles. The van der Waals surface area contributed by atoms with Crippen molar-refractivity contribution in [3.05, 3.63) is 29.8 Å². The predicted molar refractivity (Wildman–Crippen MR) is 83.7 cm³/mol. The number of sulfonamides is 1. The van der Waals surface area contributed by atoms with Crippen molar-refractivity contribution < 1.29 is 8.42 Å². The van der Waals surface area contributed by atoms with E-state index < -0.39 is 10.0 Å². The lowest BCUT2D eigenvalue weighted by molar-refractivity contribution is 0.106. The minimum atomic E-state index is -3.54. The van der Waals surface area contributed by atoms with Crippen LogP contribution in [0.4, 0.5) is 0 Å². The second-order valence-corrected chi connectivity index (χ2v) is 7.96. The van der Waals surface area contributed by atoms with Crippen LogP contribution in [-0.2, 0) is 10.0 Å². The standard InChI is InChI=1S/C16H21N3O2S/c1-2-14-11-18-8-4-6-15(18)12-19(14)22(20,21)16-7-3-5-13(9-16)10-17/h3,5,7,9,14-15H,2,4,6,8,11-12H2,1H3/t14-,15+/m1/s1. The Morgan fingerprint density at radius 1 is 1.36 bits per heavy atom. The van der Waals surface area contributed by atoms with Gasteiger partial charge in [-0.3, -0.25) is 4.90 Å². The van der Waals surface area contributed by atoms with E-state index in [2.05, 4.69) is 4.90 Å². The zero-order chi connectivity index (χ0) is 15.7. The van der Waals surface area contributed by atoms with Gasteiger partial charge in [0.05, 0.1) is 16.5 Å². The van der Waals surface area contributed by atoms with E-state index in [0.29, 0.717) is 18.2 Å². The number of rotatable bonds is 3. The van der Waals surface area contributed by atoms with Gasteiger partial charge in [-0.15, -0.1) is 0 Å². The van der Waals surface area contributed by atoms with Crippen molar-refractivity contribution in [2.24, 2.45) is 0 Å². The largest absolute Gasteiger partial charge is 0.297 e. The average Bonchev–Trinajstić information content (AvgIpc) is 3.01. The molecule has 2 aliphatic heterocycles. The molecule has 2 fully saturated rings. The summed E-state index contributed by atoms with van der Waals surface area (Å²) in [5, 5.41) is 8.99. The molecule has 1 aromatic rings. The van der Waals surface area contributed by atoms with Gasteiger partial charge in [-0.05, 0) is 44.0 Å². The number of benzene rings is 1. The van der Waals surface area contributed by atoms with Crippen molar-refractivity contribution in [2.75, 3.05) is 19.6 Å². The average molecular weight is 319 g/mol. The van der Waals surface area contributed by atoms with E-state index >= 15 is 0 Å². The van der Waals surface area contributed by atoms with Gasteiger partial charge in [-0.25, -0.2) is 8.42 Å². The molecular formula is C16H21N3O2S. The molecule has 6 heteroatoms. The molecule has 0 N–H and O–H groups in total. The number of piperazine rings is 1. The highest BCUT2D eigenvalue weighted by molar-refractivity contribution is 7.89. The molecule has 5 nitrogen and oxygen atoms in total. The first-order valence-electron chi connectivity index (χ1n) is 7.82. The van der Waals surface area contributed by atoms with Crippen LogP contribution in [0, 0.1) is 11.3 Å². The van der Waals surface area contributed by atoms with Crippen molar-refractivity contribution in [1.82, 2.24) is 9.21 Å². The molecule has 0 amide bonds. The second kappa shape index (κ2) is 5.99. The number of fused-ring (bicyclic) bond motifs is 1. The normalized spacial score (nSPS) is 26.5. The van der Waals surface area contributed by atoms with E-state index in [-0.39, 0.29) is 10.9 Å². The molecule has 2 saturated heterocycles. The molecule has 0 unspecified atom stereocenters. The minimum Gasteiger partial charge on any atom is -0.297 e.